The van der Waals surface area contributed by atoms with E-state index in [4.69, 9.17) is 16.3 Å². The van der Waals surface area contributed by atoms with Crippen LogP contribution in [0.15, 0.2) is 0 Å². The van der Waals surface area contributed by atoms with Crippen molar-refractivity contribution in [1.29, 1.82) is 0 Å². The molecule has 0 aliphatic carbocycles. The summed E-state index contributed by atoms with van der Waals surface area (Å²) in [4.78, 5) is 23.8. The van der Waals surface area contributed by atoms with Crippen molar-refractivity contribution in [2.24, 2.45) is 5.92 Å². The Morgan fingerprint density at radius 1 is 1.30 bits per heavy atom. The molecule has 0 aromatic carbocycles. The predicted octanol–water partition coefficient (Wildman–Crippen LogP) is 1.96. The summed E-state index contributed by atoms with van der Waals surface area (Å²) in [5.41, 5.74) is 0. The molecule has 0 spiro atoms. The highest BCUT2D eigenvalue weighted by atomic mass is 35.5. The third-order valence-electron chi connectivity index (χ3n) is 2.44. The number of hydrogen-bond acceptors (Lipinski definition) is 7. The number of esters is 1. The summed E-state index contributed by atoms with van der Waals surface area (Å²) in [7, 11) is 1.35. The van der Waals surface area contributed by atoms with Crippen molar-refractivity contribution in [3.63, 3.8) is 0 Å². The second kappa shape index (κ2) is 7.84. The molecule has 1 unspecified atom stereocenters. The highest BCUT2D eigenvalue weighted by molar-refractivity contribution is 6.28. The third-order valence-corrected chi connectivity index (χ3v) is 2.61. The van der Waals surface area contributed by atoms with Crippen LogP contribution in [0, 0.1) is 5.92 Å². The first-order valence-corrected chi connectivity index (χ1v) is 6.83. The first kappa shape index (κ1) is 16.4. The van der Waals surface area contributed by atoms with Crippen molar-refractivity contribution in [2.75, 3.05) is 24.3 Å². The first-order valence-electron chi connectivity index (χ1n) is 6.46. The number of methoxy groups -OCH3 is 1. The lowest BCUT2D eigenvalue weighted by atomic mass is 10.0. The van der Waals surface area contributed by atoms with Crippen LogP contribution in [-0.2, 0) is 9.53 Å². The van der Waals surface area contributed by atoms with Gasteiger partial charge in [-0.1, -0.05) is 13.8 Å². The number of nitrogens with zero attached hydrogens (tertiary/aromatic N) is 3. The van der Waals surface area contributed by atoms with Crippen molar-refractivity contribution < 1.29 is 9.53 Å². The van der Waals surface area contributed by atoms with E-state index < -0.39 is 6.04 Å². The molecule has 8 heteroatoms. The van der Waals surface area contributed by atoms with Crippen LogP contribution >= 0.6 is 11.6 Å². The Labute approximate surface area is 123 Å². The Hall–Kier alpha value is -1.63. The maximum Gasteiger partial charge on any atom is 0.328 e. The molecule has 1 aromatic rings. The Balaban J connectivity index is 2.89. The molecule has 0 bridgehead atoms. The minimum atomic E-state index is -0.520. The lowest BCUT2D eigenvalue weighted by Gasteiger charge is -2.18. The van der Waals surface area contributed by atoms with Crippen LogP contribution in [0.4, 0.5) is 11.9 Å². The highest BCUT2D eigenvalue weighted by Gasteiger charge is 2.21. The van der Waals surface area contributed by atoms with E-state index in [-0.39, 0.29) is 17.2 Å². The number of hydrogen-bond donors (Lipinski definition) is 2. The molecule has 0 radical (unpaired) electrons. The van der Waals surface area contributed by atoms with E-state index in [1.807, 2.05) is 20.8 Å². The molecular formula is C12H20ClN5O2. The average Bonchev–Trinajstić information content (AvgIpc) is 2.36. The molecule has 0 saturated carbocycles. The van der Waals surface area contributed by atoms with Crippen molar-refractivity contribution in [3.05, 3.63) is 5.28 Å². The van der Waals surface area contributed by atoms with Gasteiger partial charge >= 0.3 is 5.97 Å². The topological polar surface area (TPSA) is 89.0 Å². The van der Waals surface area contributed by atoms with E-state index in [2.05, 4.69) is 25.6 Å². The Bertz CT molecular complexity index is 455. The summed E-state index contributed by atoms with van der Waals surface area (Å²) in [5, 5.41) is 5.94. The van der Waals surface area contributed by atoms with Gasteiger partial charge in [-0.25, -0.2) is 4.79 Å². The number of carbonyl (C=O) groups excluding carboxylic acids is 1. The number of carbonyl (C=O) groups is 1. The van der Waals surface area contributed by atoms with Gasteiger partial charge in [0.25, 0.3) is 0 Å². The van der Waals surface area contributed by atoms with Gasteiger partial charge in [-0.05, 0) is 30.9 Å². The zero-order valence-electron chi connectivity index (χ0n) is 12.1. The average molecular weight is 302 g/mol. The molecule has 0 aliphatic rings. The molecule has 20 heavy (non-hydrogen) atoms. The molecule has 112 valence electrons. The fourth-order valence-electron chi connectivity index (χ4n) is 1.64. The van der Waals surface area contributed by atoms with Crippen molar-refractivity contribution in [1.82, 2.24) is 15.0 Å². The molecule has 0 aliphatic heterocycles. The van der Waals surface area contributed by atoms with Gasteiger partial charge < -0.3 is 15.4 Å². The zero-order chi connectivity index (χ0) is 15.1. The number of halogens is 1. The number of aromatic nitrogens is 3. The van der Waals surface area contributed by atoms with Crippen LogP contribution in [0.5, 0.6) is 0 Å². The van der Waals surface area contributed by atoms with Crippen LogP contribution in [-0.4, -0.2) is 40.6 Å². The van der Waals surface area contributed by atoms with Gasteiger partial charge in [0.1, 0.15) is 6.04 Å². The summed E-state index contributed by atoms with van der Waals surface area (Å²) in [6, 6.07) is -0.520. The lowest BCUT2D eigenvalue weighted by Crippen LogP contribution is -2.33. The van der Waals surface area contributed by atoms with E-state index in [9.17, 15) is 4.79 Å². The standard InChI is InChI=1S/C12H20ClN5O2/c1-5-14-11-16-10(13)17-12(18-11)15-8(6-7(2)3)9(19)20-4/h7-8H,5-6H2,1-4H3,(H2,14,15,16,17,18). The molecule has 1 atom stereocenters. The van der Waals surface area contributed by atoms with Gasteiger partial charge in [0, 0.05) is 6.54 Å². The van der Waals surface area contributed by atoms with Gasteiger partial charge in [0.05, 0.1) is 7.11 Å². The molecular weight excluding hydrogens is 282 g/mol. The van der Waals surface area contributed by atoms with Gasteiger partial charge in [-0.15, -0.1) is 0 Å². The summed E-state index contributed by atoms with van der Waals surface area (Å²) < 4.78 is 4.77. The smallest absolute Gasteiger partial charge is 0.328 e. The lowest BCUT2D eigenvalue weighted by molar-refractivity contribution is -0.141. The van der Waals surface area contributed by atoms with E-state index in [1.165, 1.54) is 7.11 Å². The predicted molar refractivity (Wildman–Crippen MR) is 77.9 cm³/mol. The van der Waals surface area contributed by atoms with Crippen LogP contribution in [0.1, 0.15) is 27.2 Å². The fraction of sp³-hybridized carbons (Fsp3) is 0.667. The van der Waals surface area contributed by atoms with Gasteiger partial charge in [-0.2, -0.15) is 15.0 Å². The number of anilines is 2. The third kappa shape index (κ3) is 5.16. The first-order chi connectivity index (χ1) is 9.46. The second-order valence-electron chi connectivity index (χ2n) is 4.63. The van der Waals surface area contributed by atoms with E-state index >= 15 is 0 Å². The monoisotopic (exact) mass is 301 g/mol. The van der Waals surface area contributed by atoms with Gasteiger partial charge in [0.2, 0.25) is 17.2 Å². The number of ether oxygens (including phenoxy) is 1. The van der Waals surface area contributed by atoms with E-state index in [0.717, 1.165) is 0 Å². The maximum atomic E-state index is 11.7. The molecule has 1 rings (SSSR count). The molecule has 1 aromatic heterocycles. The molecule has 7 nitrogen and oxygen atoms in total. The molecule has 1 heterocycles. The molecule has 0 saturated heterocycles. The molecule has 0 fully saturated rings. The second-order valence-corrected chi connectivity index (χ2v) is 4.97. The zero-order valence-corrected chi connectivity index (χ0v) is 12.9. The summed E-state index contributed by atoms with van der Waals surface area (Å²) in [6.45, 7) is 6.61. The van der Waals surface area contributed by atoms with Crippen LogP contribution < -0.4 is 10.6 Å². The van der Waals surface area contributed by atoms with Gasteiger partial charge in [-0.3, -0.25) is 0 Å². The van der Waals surface area contributed by atoms with Crippen LogP contribution in [0.2, 0.25) is 5.28 Å². The van der Waals surface area contributed by atoms with E-state index in [1.54, 1.807) is 0 Å². The largest absolute Gasteiger partial charge is 0.467 e. The highest BCUT2D eigenvalue weighted by Crippen LogP contribution is 2.14. The normalized spacial score (nSPS) is 12.1. The SMILES string of the molecule is CCNc1nc(Cl)nc(NC(CC(C)C)C(=O)OC)n1. The molecule has 2 N–H and O–H groups in total. The minimum absolute atomic E-state index is 0.0617. The van der Waals surface area contributed by atoms with Crippen LogP contribution in [0.3, 0.4) is 0 Å². The Morgan fingerprint density at radius 2 is 1.95 bits per heavy atom. The van der Waals surface area contributed by atoms with Crippen molar-refractivity contribution in [3.8, 4) is 0 Å². The fourth-order valence-corrected chi connectivity index (χ4v) is 1.80. The minimum Gasteiger partial charge on any atom is -0.467 e. The quantitative estimate of drug-likeness (QED) is 0.744. The van der Waals surface area contributed by atoms with Crippen molar-refractivity contribution in [2.45, 2.75) is 33.2 Å². The maximum absolute atomic E-state index is 11.7. The molecule has 0 amide bonds. The Kier molecular flexibility index (Phi) is 6.44. The summed E-state index contributed by atoms with van der Waals surface area (Å²) in [6.07, 6.45) is 0.604. The van der Waals surface area contributed by atoms with Gasteiger partial charge in [0.15, 0.2) is 0 Å². The number of nitrogens with one attached hydrogen (secondary N) is 2. The Morgan fingerprint density at radius 3 is 2.50 bits per heavy atom. The number of rotatable bonds is 7. The summed E-state index contributed by atoms with van der Waals surface area (Å²) >= 11 is 5.83. The summed E-state index contributed by atoms with van der Waals surface area (Å²) in [5.74, 6) is 0.567. The van der Waals surface area contributed by atoms with E-state index in [0.29, 0.717) is 24.8 Å². The van der Waals surface area contributed by atoms with Crippen molar-refractivity contribution >= 4 is 29.5 Å². The van der Waals surface area contributed by atoms with Crippen LogP contribution in [0.25, 0.3) is 0 Å².